The van der Waals surface area contributed by atoms with Crippen LogP contribution in [-0.4, -0.2) is 27.3 Å². The number of hydrogen-bond donors (Lipinski definition) is 0. The first-order valence-corrected chi connectivity index (χ1v) is 12.5. The molecular formula is C26H28FN3OS. The van der Waals surface area contributed by atoms with E-state index in [2.05, 4.69) is 35.8 Å². The number of carbonyl (C=O) groups is 1. The van der Waals surface area contributed by atoms with Crippen molar-refractivity contribution >= 4 is 23.4 Å². The number of thioether (sulfide) groups is 1. The number of aryl methyl sites for hydroxylation is 1. The molecule has 0 saturated heterocycles. The molecule has 2 heterocycles. The predicted molar refractivity (Wildman–Crippen MR) is 128 cm³/mol. The van der Waals surface area contributed by atoms with Crippen molar-refractivity contribution in [2.75, 3.05) is 10.7 Å². The Morgan fingerprint density at radius 1 is 1.12 bits per heavy atom. The van der Waals surface area contributed by atoms with Crippen molar-refractivity contribution in [2.45, 2.75) is 62.7 Å². The van der Waals surface area contributed by atoms with E-state index in [4.69, 9.17) is 4.98 Å². The van der Waals surface area contributed by atoms with Gasteiger partial charge in [0.15, 0.2) is 5.16 Å². The second kappa shape index (κ2) is 9.10. The molecule has 2 aliphatic rings. The highest BCUT2D eigenvalue weighted by Gasteiger charge is 2.29. The number of amides is 1. The third kappa shape index (κ3) is 4.08. The average Bonchev–Trinajstić information content (AvgIpc) is 3.48. The summed E-state index contributed by atoms with van der Waals surface area (Å²) in [5.74, 6) is 0.128. The molecule has 5 rings (SSSR count). The molecule has 0 unspecified atom stereocenters. The number of aromatic nitrogens is 2. The van der Waals surface area contributed by atoms with E-state index in [0.717, 1.165) is 53.3 Å². The first-order chi connectivity index (χ1) is 15.6. The highest BCUT2D eigenvalue weighted by atomic mass is 32.2. The topological polar surface area (TPSA) is 38.1 Å². The summed E-state index contributed by atoms with van der Waals surface area (Å²) in [5, 5.41) is 0.910. The number of carbonyl (C=O) groups excluding carboxylic acids is 1. The van der Waals surface area contributed by atoms with Crippen molar-refractivity contribution in [2.24, 2.45) is 0 Å². The smallest absolute Gasteiger partial charge is 0.237 e. The van der Waals surface area contributed by atoms with Crippen molar-refractivity contribution in [1.82, 2.24) is 9.55 Å². The van der Waals surface area contributed by atoms with E-state index in [1.807, 2.05) is 17.2 Å². The van der Waals surface area contributed by atoms with Gasteiger partial charge in [0.05, 0.1) is 17.6 Å². The summed E-state index contributed by atoms with van der Waals surface area (Å²) in [7, 11) is 0. The van der Waals surface area contributed by atoms with E-state index in [9.17, 15) is 9.18 Å². The minimum Gasteiger partial charge on any atom is -0.316 e. The molecule has 1 amide bonds. The van der Waals surface area contributed by atoms with Gasteiger partial charge >= 0.3 is 0 Å². The van der Waals surface area contributed by atoms with Crippen molar-refractivity contribution in [3.05, 3.63) is 66.1 Å². The summed E-state index contributed by atoms with van der Waals surface area (Å²) in [5.41, 5.74) is 4.05. The molecule has 3 aromatic rings. The Hall–Kier alpha value is -2.60. The van der Waals surface area contributed by atoms with Crippen LogP contribution in [0.25, 0.3) is 11.3 Å². The van der Waals surface area contributed by atoms with Gasteiger partial charge in [-0.05, 0) is 61.9 Å². The second-order valence-corrected chi connectivity index (χ2v) is 9.76. The monoisotopic (exact) mass is 449 g/mol. The maximum absolute atomic E-state index is 13.7. The lowest BCUT2D eigenvalue weighted by molar-refractivity contribution is -0.116. The van der Waals surface area contributed by atoms with Gasteiger partial charge in [-0.25, -0.2) is 9.37 Å². The molecule has 32 heavy (non-hydrogen) atoms. The van der Waals surface area contributed by atoms with Gasteiger partial charge in [-0.1, -0.05) is 54.9 Å². The van der Waals surface area contributed by atoms with Crippen LogP contribution in [0.3, 0.4) is 0 Å². The number of benzene rings is 2. The van der Waals surface area contributed by atoms with Crippen molar-refractivity contribution in [1.29, 1.82) is 0 Å². The molecule has 0 bridgehead atoms. The zero-order valence-corrected chi connectivity index (χ0v) is 19.2. The van der Waals surface area contributed by atoms with Crippen LogP contribution in [0.5, 0.6) is 0 Å². The molecule has 1 aromatic heterocycles. The predicted octanol–water partition coefficient (Wildman–Crippen LogP) is 6.26. The van der Waals surface area contributed by atoms with E-state index in [-0.39, 0.29) is 17.8 Å². The summed E-state index contributed by atoms with van der Waals surface area (Å²) in [6.07, 6.45) is 8.37. The molecule has 0 N–H and O–H groups in total. The zero-order valence-electron chi connectivity index (χ0n) is 18.3. The first-order valence-electron chi connectivity index (χ1n) is 11.5. The van der Waals surface area contributed by atoms with E-state index in [1.54, 1.807) is 12.1 Å². The average molecular weight is 450 g/mol. The minimum atomic E-state index is -0.243. The molecule has 4 nitrogen and oxygen atoms in total. The van der Waals surface area contributed by atoms with Gasteiger partial charge in [-0.15, -0.1) is 0 Å². The Balaban J connectivity index is 1.39. The molecule has 1 fully saturated rings. The Bertz CT molecular complexity index is 1110. The van der Waals surface area contributed by atoms with Gasteiger partial charge in [0, 0.05) is 17.8 Å². The largest absolute Gasteiger partial charge is 0.316 e. The maximum atomic E-state index is 13.7. The molecule has 166 valence electrons. The van der Waals surface area contributed by atoms with Gasteiger partial charge in [0.1, 0.15) is 5.82 Å². The third-order valence-corrected chi connectivity index (χ3v) is 7.64. The SMILES string of the molecule is C[C@@H]1CCc2cc(F)ccc2N1C(=O)CSc1ncc(-c2ccccc2)n1C1CCCC1. The molecule has 1 aliphatic carbocycles. The van der Waals surface area contributed by atoms with Gasteiger partial charge in [0.2, 0.25) is 5.91 Å². The van der Waals surface area contributed by atoms with Crippen LogP contribution >= 0.6 is 11.8 Å². The molecule has 1 aliphatic heterocycles. The highest BCUT2D eigenvalue weighted by molar-refractivity contribution is 7.99. The van der Waals surface area contributed by atoms with Crippen LogP contribution in [-0.2, 0) is 11.2 Å². The lowest BCUT2D eigenvalue weighted by Crippen LogP contribution is -2.43. The molecule has 0 spiro atoms. The molecule has 1 atom stereocenters. The van der Waals surface area contributed by atoms with Gasteiger partial charge < -0.3 is 9.47 Å². The fourth-order valence-corrected chi connectivity index (χ4v) is 5.99. The molecule has 0 radical (unpaired) electrons. The van der Waals surface area contributed by atoms with Crippen LogP contribution in [0.4, 0.5) is 10.1 Å². The van der Waals surface area contributed by atoms with Crippen molar-refractivity contribution in [3.8, 4) is 11.3 Å². The molecule has 1 saturated carbocycles. The van der Waals surface area contributed by atoms with Crippen molar-refractivity contribution in [3.63, 3.8) is 0 Å². The first kappa shape index (κ1) is 21.3. The summed E-state index contributed by atoms with van der Waals surface area (Å²) in [6.45, 7) is 2.07. The van der Waals surface area contributed by atoms with Gasteiger partial charge in [0.25, 0.3) is 0 Å². The van der Waals surface area contributed by atoms with E-state index < -0.39 is 0 Å². The number of hydrogen-bond acceptors (Lipinski definition) is 3. The quantitative estimate of drug-likeness (QED) is 0.431. The number of fused-ring (bicyclic) bond motifs is 1. The van der Waals surface area contributed by atoms with E-state index in [0.29, 0.717) is 11.8 Å². The molecule has 2 aromatic carbocycles. The minimum absolute atomic E-state index is 0.0530. The number of anilines is 1. The van der Waals surface area contributed by atoms with Crippen LogP contribution in [0, 0.1) is 5.82 Å². The molecule has 6 heteroatoms. The summed E-state index contributed by atoms with van der Waals surface area (Å²) in [6, 6.07) is 15.7. The number of rotatable bonds is 5. The lowest BCUT2D eigenvalue weighted by Gasteiger charge is -2.35. The standard InChI is InChI=1S/C26H28FN3OS/c1-18-11-12-20-15-21(27)13-14-23(20)29(18)25(31)17-32-26-28-16-24(19-7-3-2-4-8-19)30(26)22-9-5-6-10-22/h2-4,7-8,13-16,18,22H,5-6,9-12,17H2,1H3/t18-/m1/s1. The van der Waals surface area contributed by atoms with Gasteiger partial charge in [-0.2, -0.15) is 0 Å². The number of halogens is 1. The van der Waals surface area contributed by atoms with Gasteiger partial charge in [-0.3, -0.25) is 4.79 Å². The fraction of sp³-hybridized carbons (Fsp3) is 0.385. The summed E-state index contributed by atoms with van der Waals surface area (Å²) >= 11 is 1.52. The Morgan fingerprint density at radius 2 is 1.91 bits per heavy atom. The van der Waals surface area contributed by atoms with E-state index >= 15 is 0 Å². The Kier molecular flexibility index (Phi) is 6.05. The second-order valence-electron chi connectivity index (χ2n) is 8.81. The summed E-state index contributed by atoms with van der Waals surface area (Å²) < 4.78 is 16.1. The molecular weight excluding hydrogens is 421 g/mol. The Labute approximate surface area is 192 Å². The fourth-order valence-electron chi connectivity index (χ4n) is 5.08. The van der Waals surface area contributed by atoms with Crippen LogP contribution in [0.15, 0.2) is 59.9 Å². The van der Waals surface area contributed by atoms with Crippen molar-refractivity contribution < 1.29 is 9.18 Å². The zero-order chi connectivity index (χ0) is 22.1. The van der Waals surface area contributed by atoms with Crippen LogP contribution in [0.1, 0.15) is 50.6 Å². The third-order valence-electron chi connectivity index (χ3n) is 6.69. The number of imidazole rings is 1. The highest BCUT2D eigenvalue weighted by Crippen LogP contribution is 2.38. The number of nitrogens with zero attached hydrogens (tertiary/aromatic N) is 3. The normalized spacial score (nSPS) is 18.7. The summed E-state index contributed by atoms with van der Waals surface area (Å²) in [4.78, 5) is 19.9. The maximum Gasteiger partial charge on any atom is 0.237 e. The van der Waals surface area contributed by atoms with Crippen LogP contribution < -0.4 is 4.90 Å². The Morgan fingerprint density at radius 3 is 2.69 bits per heavy atom. The van der Waals surface area contributed by atoms with Crippen LogP contribution in [0.2, 0.25) is 0 Å². The lowest BCUT2D eigenvalue weighted by atomic mass is 9.96. The van der Waals surface area contributed by atoms with E-state index in [1.165, 1.54) is 30.7 Å².